The summed E-state index contributed by atoms with van der Waals surface area (Å²) >= 11 is 0. The van der Waals surface area contributed by atoms with E-state index in [9.17, 15) is 0 Å². The van der Waals surface area contributed by atoms with Crippen molar-refractivity contribution in [1.82, 2.24) is 15.5 Å². The number of morpholine rings is 1. The van der Waals surface area contributed by atoms with Gasteiger partial charge in [0.1, 0.15) is 11.5 Å². The minimum absolute atomic E-state index is 0. The highest BCUT2D eigenvalue weighted by Crippen LogP contribution is 2.23. The number of hydrogen-bond donors (Lipinski definition) is 2. The Morgan fingerprint density at radius 3 is 2.52 bits per heavy atom. The van der Waals surface area contributed by atoms with Crippen LogP contribution in [0.25, 0.3) is 0 Å². The van der Waals surface area contributed by atoms with Gasteiger partial charge < -0.3 is 19.8 Å². The summed E-state index contributed by atoms with van der Waals surface area (Å²) < 4.78 is 11.4. The summed E-state index contributed by atoms with van der Waals surface area (Å²) in [6, 6.07) is 4.30. The molecule has 1 aromatic rings. The van der Waals surface area contributed by atoms with Gasteiger partial charge in [0, 0.05) is 33.2 Å². The molecule has 1 unspecified atom stereocenters. The van der Waals surface area contributed by atoms with Gasteiger partial charge >= 0.3 is 0 Å². The summed E-state index contributed by atoms with van der Waals surface area (Å²) in [7, 11) is 1.82. The number of aliphatic imine (C=N–C) groups is 1. The van der Waals surface area contributed by atoms with Crippen molar-refractivity contribution in [3.8, 4) is 0 Å². The molecule has 2 N–H and O–H groups in total. The van der Waals surface area contributed by atoms with Crippen molar-refractivity contribution in [2.24, 2.45) is 10.9 Å². The fraction of sp³-hybridized carbons (Fsp3) is 0.750. The molecule has 1 aliphatic rings. The van der Waals surface area contributed by atoms with E-state index >= 15 is 0 Å². The van der Waals surface area contributed by atoms with Crippen LogP contribution in [0.1, 0.15) is 50.7 Å². The Kier molecular flexibility index (Phi) is 12.0. The average molecular weight is 492 g/mol. The molecular formula is C20H37IN4O2. The summed E-state index contributed by atoms with van der Waals surface area (Å²) in [4.78, 5) is 6.78. The first kappa shape index (κ1) is 24.2. The number of unbranched alkanes of at least 4 members (excludes halogenated alkanes) is 1. The molecule has 27 heavy (non-hydrogen) atoms. The molecule has 6 nitrogen and oxygen atoms in total. The van der Waals surface area contributed by atoms with Gasteiger partial charge in [-0.3, -0.25) is 9.89 Å². The van der Waals surface area contributed by atoms with E-state index in [1.54, 1.807) is 0 Å². The monoisotopic (exact) mass is 492 g/mol. The van der Waals surface area contributed by atoms with Crippen LogP contribution in [0.4, 0.5) is 0 Å². The first-order valence-electron chi connectivity index (χ1n) is 9.92. The molecule has 1 aromatic heterocycles. The van der Waals surface area contributed by atoms with Gasteiger partial charge in [0.05, 0.1) is 19.3 Å². The van der Waals surface area contributed by atoms with Crippen LogP contribution in [0, 0.1) is 12.8 Å². The lowest BCUT2D eigenvalue weighted by Gasteiger charge is -2.33. The van der Waals surface area contributed by atoms with Gasteiger partial charge in [-0.05, 0) is 31.4 Å². The van der Waals surface area contributed by atoms with Crippen LogP contribution in [0.2, 0.25) is 0 Å². The molecule has 0 bridgehead atoms. The van der Waals surface area contributed by atoms with Gasteiger partial charge in [-0.1, -0.05) is 26.7 Å². The Hall–Kier alpha value is -0.800. The molecule has 1 fully saturated rings. The van der Waals surface area contributed by atoms with E-state index in [-0.39, 0.29) is 30.0 Å². The van der Waals surface area contributed by atoms with E-state index in [2.05, 4.69) is 40.4 Å². The van der Waals surface area contributed by atoms with Crippen molar-refractivity contribution in [3.05, 3.63) is 23.7 Å². The van der Waals surface area contributed by atoms with Gasteiger partial charge in [0.2, 0.25) is 0 Å². The Morgan fingerprint density at radius 2 is 1.93 bits per heavy atom. The van der Waals surface area contributed by atoms with Gasteiger partial charge in [0.15, 0.2) is 5.96 Å². The second-order valence-corrected chi connectivity index (χ2v) is 7.38. The lowest BCUT2D eigenvalue weighted by molar-refractivity contribution is 0.0124. The van der Waals surface area contributed by atoms with E-state index in [1.807, 2.05) is 20.0 Å². The van der Waals surface area contributed by atoms with E-state index in [0.29, 0.717) is 0 Å². The fourth-order valence-corrected chi connectivity index (χ4v) is 3.23. The zero-order valence-corrected chi connectivity index (χ0v) is 19.6. The first-order chi connectivity index (χ1) is 12.6. The summed E-state index contributed by atoms with van der Waals surface area (Å²) in [5.41, 5.74) is 0. The second kappa shape index (κ2) is 13.4. The minimum Gasteiger partial charge on any atom is -0.465 e. The number of nitrogens with one attached hydrogen (secondary N) is 2. The lowest BCUT2D eigenvalue weighted by Crippen LogP contribution is -2.46. The third-order valence-corrected chi connectivity index (χ3v) is 4.76. The first-order valence-corrected chi connectivity index (χ1v) is 9.92. The third kappa shape index (κ3) is 8.83. The zero-order chi connectivity index (χ0) is 18.8. The molecule has 0 saturated carbocycles. The Morgan fingerprint density at radius 1 is 1.19 bits per heavy atom. The predicted octanol–water partition coefficient (Wildman–Crippen LogP) is 3.57. The Balaban J connectivity index is 0.00000364. The highest BCUT2D eigenvalue weighted by molar-refractivity contribution is 14.0. The Labute approximate surface area is 181 Å². The fourth-order valence-electron chi connectivity index (χ4n) is 3.23. The van der Waals surface area contributed by atoms with Crippen LogP contribution >= 0.6 is 24.0 Å². The van der Waals surface area contributed by atoms with Crippen LogP contribution in [0.15, 0.2) is 21.5 Å². The molecule has 1 aliphatic heterocycles. The lowest BCUT2D eigenvalue weighted by atomic mass is 10.1. The topological polar surface area (TPSA) is 62.0 Å². The molecule has 0 spiro atoms. The Bertz CT molecular complexity index is 542. The second-order valence-electron chi connectivity index (χ2n) is 7.38. The molecule has 2 heterocycles. The molecule has 1 saturated heterocycles. The quantitative estimate of drug-likeness (QED) is 0.239. The molecule has 0 aliphatic carbocycles. The van der Waals surface area contributed by atoms with Crippen molar-refractivity contribution in [1.29, 1.82) is 0 Å². The normalized spacial score (nSPS) is 16.9. The van der Waals surface area contributed by atoms with E-state index < -0.39 is 0 Å². The summed E-state index contributed by atoms with van der Waals surface area (Å²) in [6.07, 6.45) is 3.71. The standard InChI is InChI=1S/C20H36N4O2.HI/c1-16(2)7-5-6-10-22-20(21-4)23-15-18(19-9-8-17(3)26-19)24-11-13-25-14-12-24;/h8-9,16,18H,5-7,10-15H2,1-4H3,(H2,21,22,23);1H. The number of furan rings is 1. The van der Waals surface area contributed by atoms with Crippen LogP contribution in [0.3, 0.4) is 0 Å². The van der Waals surface area contributed by atoms with Crippen molar-refractivity contribution in [3.63, 3.8) is 0 Å². The van der Waals surface area contributed by atoms with Gasteiger partial charge in [0.25, 0.3) is 0 Å². The van der Waals surface area contributed by atoms with Crippen LogP contribution in [-0.4, -0.2) is 57.3 Å². The van der Waals surface area contributed by atoms with Crippen molar-refractivity contribution in [2.45, 2.75) is 46.1 Å². The SMILES string of the molecule is CN=C(NCCCCC(C)C)NCC(c1ccc(C)o1)N1CCOCC1.I. The van der Waals surface area contributed by atoms with Crippen molar-refractivity contribution in [2.75, 3.05) is 46.4 Å². The average Bonchev–Trinajstić information content (AvgIpc) is 3.06. The van der Waals surface area contributed by atoms with Crippen LogP contribution < -0.4 is 10.6 Å². The van der Waals surface area contributed by atoms with E-state index in [1.165, 1.54) is 19.3 Å². The van der Waals surface area contributed by atoms with Crippen molar-refractivity contribution >= 4 is 29.9 Å². The molecule has 7 heteroatoms. The number of rotatable bonds is 9. The summed E-state index contributed by atoms with van der Waals surface area (Å²) in [6.45, 7) is 11.7. The predicted molar refractivity (Wildman–Crippen MR) is 122 cm³/mol. The number of nitrogens with zero attached hydrogens (tertiary/aromatic N) is 2. The highest BCUT2D eigenvalue weighted by atomic mass is 127. The van der Waals surface area contributed by atoms with Crippen molar-refractivity contribution < 1.29 is 9.15 Å². The van der Waals surface area contributed by atoms with E-state index in [0.717, 1.165) is 62.8 Å². The summed E-state index contributed by atoms with van der Waals surface area (Å²) in [5, 5.41) is 6.89. The number of hydrogen-bond acceptors (Lipinski definition) is 4. The number of halogens is 1. The van der Waals surface area contributed by atoms with E-state index in [4.69, 9.17) is 9.15 Å². The maximum atomic E-state index is 5.92. The maximum absolute atomic E-state index is 5.92. The largest absolute Gasteiger partial charge is 0.465 e. The highest BCUT2D eigenvalue weighted by Gasteiger charge is 2.25. The number of guanidine groups is 1. The molecular weight excluding hydrogens is 455 g/mol. The van der Waals surface area contributed by atoms with Crippen LogP contribution in [-0.2, 0) is 4.74 Å². The molecule has 1 atom stereocenters. The van der Waals surface area contributed by atoms with Crippen LogP contribution in [0.5, 0.6) is 0 Å². The van der Waals surface area contributed by atoms with Gasteiger partial charge in [-0.15, -0.1) is 24.0 Å². The molecule has 0 aromatic carbocycles. The van der Waals surface area contributed by atoms with Gasteiger partial charge in [-0.2, -0.15) is 0 Å². The number of ether oxygens (including phenoxy) is 1. The molecule has 2 rings (SSSR count). The summed E-state index contributed by atoms with van der Waals surface area (Å²) in [5.74, 6) is 3.59. The molecule has 0 amide bonds. The molecule has 0 radical (unpaired) electrons. The molecule has 156 valence electrons. The minimum atomic E-state index is 0. The number of aryl methyl sites for hydroxylation is 1. The zero-order valence-electron chi connectivity index (χ0n) is 17.3. The smallest absolute Gasteiger partial charge is 0.191 e. The third-order valence-electron chi connectivity index (χ3n) is 4.76. The maximum Gasteiger partial charge on any atom is 0.191 e. The van der Waals surface area contributed by atoms with Gasteiger partial charge in [-0.25, -0.2) is 0 Å².